The summed E-state index contributed by atoms with van der Waals surface area (Å²) >= 11 is 0. The highest BCUT2D eigenvalue weighted by Gasteiger charge is 2.26. The monoisotopic (exact) mass is 331 g/mol. The zero-order valence-corrected chi connectivity index (χ0v) is 13.3. The van der Waals surface area contributed by atoms with E-state index in [4.69, 9.17) is 4.74 Å². The molecule has 0 aliphatic carbocycles. The van der Waals surface area contributed by atoms with E-state index in [0.29, 0.717) is 25.4 Å². The van der Waals surface area contributed by atoms with Crippen molar-refractivity contribution in [1.82, 2.24) is 4.90 Å². The number of halogens is 2. The average molecular weight is 331 g/mol. The molecule has 2 aromatic carbocycles. The van der Waals surface area contributed by atoms with E-state index in [0.717, 1.165) is 12.8 Å². The molecule has 1 saturated heterocycles. The highest BCUT2D eigenvalue weighted by atomic mass is 19.1. The zero-order valence-electron chi connectivity index (χ0n) is 13.3. The van der Waals surface area contributed by atoms with Gasteiger partial charge in [-0.15, -0.1) is 0 Å². The summed E-state index contributed by atoms with van der Waals surface area (Å²) in [5, 5.41) is 0. The molecule has 2 aromatic rings. The number of carbonyl (C=O) groups excluding carboxylic acids is 1. The molecule has 1 heterocycles. The molecule has 0 bridgehead atoms. The van der Waals surface area contributed by atoms with Crippen LogP contribution in [0.4, 0.5) is 8.78 Å². The van der Waals surface area contributed by atoms with E-state index >= 15 is 0 Å². The minimum atomic E-state index is -0.493. The fraction of sp³-hybridized carbons (Fsp3) is 0.316. The van der Waals surface area contributed by atoms with Crippen molar-refractivity contribution in [2.24, 2.45) is 5.92 Å². The van der Waals surface area contributed by atoms with Crippen LogP contribution in [0.25, 0.3) is 0 Å². The van der Waals surface area contributed by atoms with Crippen LogP contribution in [0, 0.1) is 17.6 Å². The summed E-state index contributed by atoms with van der Waals surface area (Å²) < 4.78 is 32.4. The Balaban J connectivity index is 1.59. The number of amides is 1. The summed E-state index contributed by atoms with van der Waals surface area (Å²) in [5.41, 5.74) is 0.109. The lowest BCUT2D eigenvalue weighted by Gasteiger charge is -2.32. The van der Waals surface area contributed by atoms with Gasteiger partial charge in [0.05, 0.1) is 12.2 Å². The third-order valence-electron chi connectivity index (χ3n) is 4.21. The van der Waals surface area contributed by atoms with Crippen LogP contribution >= 0.6 is 0 Å². The first kappa shape index (κ1) is 16.4. The molecule has 1 amide bonds. The number of ether oxygens (including phenoxy) is 1. The lowest BCUT2D eigenvalue weighted by molar-refractivity contribution is 0.0628. The van der Waals surface area contributed by atoms with Crippen LogP contribution in [-0.2, 0) is 0 Å². The molecule has 3 rings (SSSR count). The lowest BCUT2D eigenvalue weighted by atomic mass is 9.98. The van der Waals surface area contributed by atoms with Gasteiger partial charge in [0.25, 0.3) is 5.91 Å². The molecule has 3 nitrogen and oxygen atoms in total. The van der Waals surface area contributed by atoms with Crippen molar-refractivity contribution in [3.8, 4) is 5.75 Å². The summed E-state index contributed by atoms with van der Waals surface area (Å²) in [7, 11) is 0. The molecule has 0 spiro atoms. The first-order valence-electron chi connectivity index (χ1n) is 8.05. The zero-order chi connectivity index (χ0) is 16.9. The van der Waals surface area contributed by atoms with E-state index in [1.54, 1.807) is 29.2 Å². The molecule has 0 radical (unpaired) electrons. The molecule has 1 atom stereocenters. The summed E-state index contributed by atoms with van der Waals surface area (Å²) in [6, 6.07) is 11.9. The molecule has 5 heteroatoms. The maximum Gasteiger partial charge on any atom is 0.256 e. The number of nitrogens with zero attached hydrogens (tertiary/aromatic N) is 1. The summed E-state index contributed by atoms with van der Waals surface area (Å²) in [6.45, 7) is 1.61. The Labute approximate surface area is 139 Å². The van der Waals surface area contributed by atoms with Gasteiger partial charge in [0.1, 0.15) is 17.4 Å². The van der Waals surface area contributed by atoms with Crippen LogP contribution in [0.3, 0.4) is 0 Å². The Hall–Kier alpha value is -2.43. The summed E-state index contributed by atoms with van der Waals surface area (Å²) in [6.07, 6.45) is 1.81. The SMILES string of the molecule is O=C(c1ccccc1F)N1CCC[C@@H](COc2ccc(F)cc2)C1. The van der Waals surface area contributed by atoms with Crippen molar-refractivity contribution in [2.45, 2.75) is 12.8 Å². The largest absolute Gasteiger partial charge is 0.493 e. The minimum absolute atomic E-state index is 0.109. The Morgan fingerprint density at radius 2 is 1.88 bits per heavy atom. The second-order valence-corrected chi connectivity index (χ2v) is 6.00. The first-order chi connectivity index (χ1) is 11.6. The van der Waals surface area contributed by atoms with Gasteiger partial charge in [-0.1, -0.05) is 12.1 Å². The molecule has 1 aliphatic heterocycles. The highest BCUT2D eigenvalue weighted by molar-refractivity contribution is 5.94. The Morgan fingerprint density at radius 1 is 1.12 bits per heavy atom. The van der Waals surface area contributed by atoms with Gasteiger partial charge < -0.3 is 9.64 Å². The molecule has 1 aliphatic rings. The molecule has 1 fully saturated rings. The van der Waals surface area contributed by atoms with Gasteiger partial charge in [0.2, 0.25) is 0 Å². The Morgan fingerprint density at radius 3 is 2.62 bits per heavy atom. The van der Waals surface area contributed by atoms with Crippen molar-refractivity contribution < 1.29 is 18.3 Å². The summed E-state index contributed by atoms with van der Waals surface area (Å²) in [5.74, 6) is -0.290. The van der Waals surface area contributed by atoms with Crippen molar-refractivity contribution >= 4 is 5.91 Å². The van der Waals surface area contributed by atoms with Gasteiger partial charge in [-0.3, -0.25) is 4.79 Å². The van der Waals surface area contributed by atoms with E-state index in [2.05, 4.69) is 0 Å². The van der Waals surface area contributed by atoms with Crippen molar-refractivity contribution in [3.63, 3.8) is 0 Å². The number of hydrogen-bond donors (Lipinski definition) is 0. The number of benzene rings is 2. The van der Waals surface area contributed by atoms with E-state index in [1.165, 1.54) is 24.3 Å². The molecular formula is C19H19F2NO2. The van der Waals surface area contributed by atoms with Crippen LogP contribution in [0.2, 0.25) is 0 Å². The predicted molar refractivity (Wildman–Crippen MR) is 86.9 cm³/mol. The maximum absolute atomic E-state index is 13.8. The molecular weight excluding hydrogens is 312 g/mol. The number of rotatable bonds is 4. The number of carbonyl (C=O) groups is 1. The number of piperidine rings is 1. The third kappa shape index (κ3) is 3.91. The van der Waals surface area contributed by atoms with Gasteiger partial charge in [-0.25, -0.2) is 8.78 Å². The topological polar surface area (TPSA) is 29.5 Å². The molecule has 0 unspecified atom stereocenters. The maximum atomic E-state index is 13.8. The van der Waals surface area contributed by atoms with Gasteiger partial charge in [-0.2, -0.15) is 0 Å². The van der Waals surface area contributed by atoms with Crippen LogP contribution in [-0.4, -0.2) is 30.5 Å². The van der Waals surface area contributed by atoms with Gasteiger partial charge in [0, 0.05) is 19.0 Å². The van der Waals surface area contributed by atoms with E-state index in [9.17, 15) is 13.6 Å². The van der Waals surface area contributed by atoms with Crippen LogP contribution in [0.5, 0.6) is 5.75 Å². The van der Waals surface area contributed by atoms with Gasteiger partial charge in [-0.05, 0) is 49.2 Å². The summed E-state index contributed by atoms with van der Waals surface area (Å²) in [4.78, 5) is 14.2. The molecule has 0 aromatic heterocycles. The Bertz CT molecular complexity index is 703. The van der Waals surface area contributed by atoms with Crippen LogP contribution in [0.1, 0.15) is 23.2 Å². The predicted octanol–water partition coefficient (Wildman–Crippen LogP) is 3.90. The van der Waals surface area contributed by atoms with Gasteiger partial charge >= 0.3 is 0 Å². The first-order valence-corrected chi connectivity index (χ1v) is 8.05. The van der Waals surface area contributed by atoms with E-state index in [-0.39, 0.29) is 23.2 Å². The fourth-order valence-electron chi connectivity index (χ4n) is 2.94. The van der Waals surface area contributed by atoms with Crippen LogP contribution in [0.15, 0.2) is 48.5 Å². The van der Waals surface area contributed by atoms with Crippen LogP contribution < -0.4 is 4.74 Å². The molecule has 0 N–H and O–H groups in total. The smallest absolute Gasteiger partial charge is 0.256 e. The average Bonchev–Trinajstić information content (AvgIpc) is 2.61. The lowest BCUT2D eigenvalue weighted by Crippen LogP contribution is -2.41. The van der Waals surface area contributed by atoms with Crippen molar-refractivity contribution in [1.29, 1.82) is 0 Å². The highest BCUT2D eigenvalue weighted by Crippen LogP contribution is 2.21. The standard InChI is InChI=1S/C19H19F2NO2/c20-15-7-9-16(10-8-15)24-13-14-4-3-11-22(12-14)19(23)17-5-1-2-6-18(17)21/h1-2,5-10,14H,3-4,11-13H2/t14-/m1/s1. The third-order valence-corrected chi connectivity index (χ3v) is 4.21. The minimum Gasteiger partial charge on any atom is -0.493 e. The number of hydrogen-bond acceptors (Lipinski definition) is 2. The normalized spacial score (nSPS) is 17.6. The van der Waals surface area contributed by atoms with E-state index < -0.39 is 5.82 Å². The van der Waals surface area contributed by atoms with Crippen molar-refractivity contribution in [2.75, 3.05) is 19.7 Å². The Kier molecular flexibility index (Phi) is 5.08. The van der Waals surface area contributed by atoms with E-state index in [1.807, 2.05) is 0 Å². The molecule has 0 saturated carbocycles. The number of likely N-dealkylation sites (tertiary alicyclic amines) is 1. The fourth-order valence-corrected chi connectivity index (χ4v) is 2.94. The second kappa shape index (κ2) is 7.43. The van der Waals surface area contributed by atoms with Gasteiger partial charge in [0.15, 0.2) is 0 Å². The second-order valence-electron chi connectivity index (χ2n) is 6.00. The molecule has 24 heavy (non-hydrogen) atoms. The molecule has 126 valence electrons. The quantitative estimate of drug-likeness (QED) is 0.850. The van der Waals surface area contributed by atoms with Crippen molar-refractivity contribution in [3.05, 3.63) is 65.7 Å².